The Morgan fingerprint density at radius 2 is 1.79 bits per heavy atom. The highest BCUT2D eigenvalue weighted by molar-refractivity contribution is 5.62. The van der Waals surface area contributed by atoms with Gasteiger partial charge in [0.15, 0.2) is 0 Å². The lowest BCUT2D eigenvalue weighted by Gasteiger charge is -2.28. The largest absolute Gasteiger partial charge is 0.378 e. The zero-order valence-electron chi connectivity index (χ0n) is 13.3. The highest BCUT2D eigenvalue weighted by Gasteiger charge is 2.10. The third-order valence-corrected chi connectivity index (χ3v) is 4.06. The molecule has 2 aromatic heterocycles. The lowest BCUT2D eigenvalue weighted by Crippen LogP contribution is -2.36. The van der Waals surface area contributed by atoms with E-state index in [9.17, 15) is 0 Å². The maximum Gasteiger partial charge on any atom is 0.132 e. The molecule has 1 aliphatic rings. The number of imidazole rings is 1. The third kappa shape index (κ3) is 3.23. The van der Waals surface area contributed by atoms with Crippen molar-refractivity contribution in [2.45, 2.75) is 0 Å². The van der Waals surface area contributed by atoms with Crippen LogP contribution >= 0.6 is 0 Å². The number of aromatic nitrogens is 3. The summed E-state index contributed by atoms with van der Waals surface area (Å²) >= 11 is 0. The summed E-state index contributed by atoms with van der Waals surface area (Å²) < 4.78 is 7.35. The van der Waals surface area contributed by atoms with E-state index >= 15 is 0 Å². The van der Waals surface area contributed by atoms with E-state index in [0.717, 1.165) is 43.5 Å². The Labute approximate surface area is 140 Å². The van der Waals surface area contributed by atoms with E-state index in [4.69, 9.17) is 4.74 Å². The molecule has 1 aromatic carbocycles. The van der Waals surface area contributed by atoms with Crippen molar-refractivity contribution in [2.24, 2.45) is 0 Å². The molecule has 0 bridgehead atoms. The van der Waals surface area contributed by atoms with Crippen LogP contribution < -0.4 is 10.2 Å². The standard InChI is InChI=1S/C18H19N5O/c1-3-16(22-9-11-24-12-10-22)4-2-15(1)21-18-13-17(5-6-20-18)23-8-7-19-14-23/h1-8,13-14H,9-12H2,(H,20,21). The van der Waals surface area contributed by atoms with E-state index in [1.54, 1.807) is 18.7 Å². The summed E-state index contributed by atoms with van der Waals surface area (Å²) in [5.74, 6) is 0.806. The van der Waals surface area contributed by atoms with E-state index in [2.05, 4.69) is 44.5 Å². The lowest BCUT2D eigenvalue weighted by molar-refractivity contribution is 0.122. The minimum Gasteiger partial charge on any atom is -0.378 e. The maximum atomic E-state index is 5.40. The van der Waals surface area contributed by atoms with Crippen molar-refractivity contribution in [2.75, 3.05) is 36.5 Å². The number of anilines is 3. The number of benzene rings is 1. The summed E-state index contributed by atoms with van der Waals surface area (Å²) in [6.07, 6.45) is 7.24. The van der Waals surface area contributed by atoms with Gasteiger partial charge in [0.1, 0.15) is 5.82 Å². The van der Waals surface area contributed by atoms with E-state index in [0.29, 0.717) is 0 Å². The molecule has 0 spiro atoms. The molecule has 1 N–H and O–H groups in total. The number of nitrogens with zero attached hydrogens (tertiary/aromatic N) is 4. The fraction of sp³-hybridized carbons (Fsp3) is 0.222. The Morgan fingerprint density at radius 3 is 2.54 bits per heavy atom. The van der Waals surface area contributed by atoms with E-state index < -0.39 is 0 Å². The first kappa shape index (κ1) is 14.7. The Morgan fingerprint density at radius 1 is 0.958 bits per heavy atom. The Bertz CT molecular complexity index is 779. The lowest BCUT2D eigenvalue weighted by atomic mass is 10.2. The smallest absolute Gasteiger partial charge is 0.132 e. The van der Waals surface area contributed by atoms with Gasteiger partial charge in [-0.2, -0.15) is 0 Å². The van der Waals surface area contributed by atoms with Crippen LogP contribution in [0.5, 0.6) is 0 Å². The minimum absolute atomic E-state index is 0.797. The van der Waals surface area contributed by atoms with Gasteiger partial charge in [-0.15, -0.1) is 0 Å². The molecule has 0 aliphatic carbocycles. The first-order chi connectivity index (χ1) is 11.9. The summed E-state index contributed by atoms with van der Waals surface area (Å²) in [4.78, 5) is 10.8. The molecule has 6 heteroatoms. The average molecular weight is 321 g/mol. The first-order valence-corrected chi connectivity index (χ1v) is 8.03. The van der Waals surface area contributed by atoms with Crippen LogP contribution in [0, 0.1) is 0 Å². The van der Waals surface area contributed by atoms with Gasteiger partial charge >= 0.3 is 0 Å². The SMILES string of the molecule is c1cn(-c2ccnc(Nc3ccc(N4CCOCC4)cc3)c2)cn1. The molecule has 24 heavy (non-hydrogen) atoms. The summed E-state index contributed by atoms with van der Waals surface area (Å²) in [6, 6.07) is 12.4. The highest BCUT2D eigenvalue weighted by Crippen LogP contribution is 2.22. The molecule has 0 amide bonds. The van der Waals surface area contributed by atoms with Crippen molar-refractivity contribution in [3.05, 3.63) is 61.3 Å². The number of morpholine rings is 1. The molecule has 0 saturated carbocycles. The third-order valence-electron chi connectivity index (χ3n) is 4.06. The number of ether oxygens (including phenoxy) is 1. The zero-order valence-corrected chi connectivity index (χ0v) is 13.3. The van der Waals surface area contributed by atoms with Gasteiger partial charge in [-0.05, 0) is 30.3 Å². The summed E-state index contributed by atoms with van der Waals surface area (Å²) in [6.45, 7) is 3.48. The van der Waals surface area contributed by atoms with Crippen LogP contribution in [0.4, 0.5) is 17.2 Å². The van der Waals surface area contributed by atoms with Gasteiger partial charge < -0.3 is 19.5 Å². The molecule has 0 radical (unpaired) electrons. The Kier molecular flexibility index (Phi) is 4.12. The summed E-state index contributed by atoms with van der Waals surface area (Å²) in [5, 5.41) is 3.35. The fourth-order valence-electron chi connectivity index (χ4n) is 2.79. The topological polar surface area (TPSA) is 55.2 Å². The molecule has 0 atom stereocenters. The van der Waals surface area contributed by atoms with Crippen molar-refractivity contribution < 1.29 is 4.74 Å². The van der Waals surface area contributed by atoms with Crippen LogP contribution in [-0.2, 0) is 4.74 Å². The molecule has 3 aromatic rings. The molecule has 1 fully saturated rings. The molecular formula is C18H19N5O. The quantitative estimate of drug-likeness (QED) is 0.801. The van der Waals surface area contributed by atoms with Gasteiger partial charge in [0, 0.05) is 49.1 Å². The van der Waals surface area contributed by atoms with Gasteiger partial charge in [-0.3, -0.25) is 0 Å². The van der Waals surface area contributed by atoms with Crippen LogP contribution in [0.2, 0.25) is 0 Å². The van der Waals surface area contributed by atoms with Gasteiger partial charge in [0.2, 0.25) is 0 Å². The number of rotatable bonds is 4. The second kappa shape index (κ2) is 6.72. The monoisotopic (exact) mass is 321 g/mol. The predicted octanol–water partition coefficient (Wildman–Crippen LogP) is 2.85. The molecule has 3 heterocycles. The van der Waals surface area contributed by atoms with Crippen molar-refractivity contribution in [1.82, 2.24) is 14.5 Å². The number of hydrogen-bond donors (Lipinski definition) is 1. The molecule has 122 valence electrons. The van der Waals surface area contributed by atoms with Crippen molar-refractivity contribution in [3.8, 4) is 5.69 Å². The second-order valence-electron chi connectivity index (χ2n) is 5.64. The van der Waals surface area contributed by atoms with E-state index in [1.165, 1.54) is 5.69 Å². The molecule has 1 aliphatic heterocycles. The summed E-state index contributed by atoms with van der Waals surface area (Å²) in [7, 11) is 0. The van der Waals surface area contributed by atoms with Crippen LogP contribution in [-0.4, -0.2) is 40.8 Å². The Hall–Kier alpha value is -2.86. The van der Waals surface area contributed by atoms with Gasteiger partial charge in [-0.1, -0.05) is 0 Å². The maximum absolute atomic E-state index is 5.40. The zero-order chi connectivity index (χ0) is 16.2. The van der Waals surface area contributed by atoms with E-state index in [1.807, 2.05) is 22.9 Å². The van der Waals surface area contributed by atoms with E-state index in [-0.39, 0.29) is 0 Å². The fourth-order valence-corrected chi connectivity index (χ4v) is 2.79. The highest BCUT2D eigenvalue weighted by atomic mass is 16.5. The Balaban J connectivity index is 1.48. The molecule has 1 saturated heterocycles. The normalized spacial score (nSPS) is 14.6. The van der Waals surface area contributed by atoms with Crippen LogP contribution in [0.15, 0.2) is 61.3 Å². The number of nitrogens with one attached hydrogen (secondary N) is 1. The van der Waals surface area contributed by atoms with Crippen LogP contribution in [0.25, 0.3) is 5.69 Å². The molecule has 4 rings (SSSR count). The molecule has 0 unspecified atom stereocenters. The van der Waals surface area contributed by atoms with Gasteiger partial charge in [-0.25, -0.2) is 9.97 Å². The van der Waals surface area contributed by atoms with Crippen molar-refractivity contribution in [3.63, 3.8) is 0 Å². The first-order valence-electron chi connectivity index (χ1n) is 8.03. The van der Waals surface area contributed by atoms with Gasteiger partial charge in [0.25, 0.3) is 0 Å². The molecule has 6 nitrogen and oxygen atoms in total. The number of hydrogen-bond acceptors (Lipinski definition) is 5. The molecular weight excluding hydrogens is 302 g/mol. The van der Waals surface area contributed by atoms with Gasteiger partial charge in [0.05, 0.1) is 25.2 Å². The van der Waals surface area contributed by atoms with Crippen LogP contribution in [0.3, 0.4) is 0 Å². The minimum atomic E-state index is 0.797. The second-order valence-corrected chi connectivity index (χ2v) is 5.64. The van der Waals surface area contributed by atoms with Crippen molar-refractivity contribution >= 4 is 17.2 Å². The van der Waals surface area contributed by atoms with Crippen molar-refractivity contribution in [1.29, 1.82) is 0 Å². The predicted molar refractivity (Wildman–Crippen MR) is 94.1 cm³/mol. The average Bonchev–Trinajstić information content (AvgIpc) is 3.18. The number of pyridine rings is 1. The summed E-state index contributed by atoms with van der Waals surface area (Å²) in [5.41, 5.74) is 3.27. The van der Waals surface area contributed by atoms with Crippen LogP contribution in [0.1, 0.15) is 0 Å².